The Bertz CT molecular complexity index is 1180. The third-order valence-corrected chi connectivity index (χ3v) is 5.03. The Labute approximate surface area is 153 Å². The molecule has 1 aliphatic rings. The van der Waals surface area contributed by atoms with Crippen molar-refractivity contribution in [1.29, 1.82) is 0 Å². The van der Waals surface area contributed by atoms with Gasteiger partial charge in [0.05, 0.1) is 18.7 Å². The van der Waals surface area contributed by atoms with E-state index in [1.165, 1.54) is 0 Å². The number of nitrogens with one attached hydrogen (secondary N) is 2. The van der Waals surface area contributed by atoms with Crippen molar-refractivity contribution in [3.63, 3.8) is 0 Å². The van der Waals surface area contributed by atoms with E-state index in [4.69, 9.17) is 0 Å². The van der Waals surface area contributed by atoms with Gasteiger partial charge in [-0.2, -0.15) is 0 Å². The highest BCUT2D eigenvalue weighted by Crippen LogP contribution is 2.35. The lowest BCUT2D eigenvalue weighted by Crippen LogP contribution is -2.15. The molecule has 136 valence electrons. The minimum absolute atomic E-state index is 0.0640. The molecule has 3 aromatic heterocycles. The van der Waals surface area contributed by atoms with E-state index in [2.05, 4.69) is 15.3 Å². The molecule has 7 heteroatoms. The molecule has 3 heterocycles. The summed E-state index contributed by atoms with van der Waals surface area (Å²) in [6.45, 7) is -0.0640. The largest absolute Gasteiger partial charge is 0.392 e. The number of aromatic nitrogens is 3. The van der Waals surface area contributed by atoms with Crippen molar-refractivity contribution in [2.24, 2.45) is 5.92 Å². The molecule has 5 rings (SSSR count). The summed E-state index contributed by atoms with van der Waals surface area (Å²) < 4.78 is 14.9. The first-order valence-electron chi connectivity index (χ1n) is 8.78. The van der Waals surface area contributed by atoms with Crippen LogP contribution in [0.5, 0.6) is 0 Å². The van der Waals surface area contributed by atoms with Gasteiger partial charge < -0.3 is 19.8 Å². The summed E-state index contributed by atoms with van der Waals surface area (Å²) in [6.07, 6.45) is 4.74. The van der Waals surface area contributed by atoms with Gasteiger partial charge in [0, 0.05) is 23.3 Å². The van der Waals surface area contributed by atoms with Crippen LogP contribution in [0, 0.1) is 5.92 Å². The van der Waals surface area contributed by atoms with Crippen molar-refractivity contribution in [2.45, 2.75) is 19.2 Å². The first kappa shape index (κ1) is 16.0. The Kier molecular flexibility index (Phi) is 3.51. The minimum atomic E-state index is -1.03. The topological polar surface area (TPSA) is 82.4 Å². The van der Waals surface area contributed by atoms with E-state index in [1.54, 1.807) is 6.20 Å². The summed E-state index contributed by atoms with van der Waals surface area (Å²) in [4.78, 5) is 19.5. The van der Waals surface area contributed by atoms with Gasteiger partial charge in [-0.15, -0.1) is 0 Å². The van der Waals surface area contributed by atoms with Crippen LogP contribution in [0.2, 0.25) is 0 Å². The zero-order valence-corrected chi connectivity index (χ0v) is 14.3. The van der Waals surface area contributed by atoms with E-state index >= 15 is 0 Å². The second kappa shape index (κ2) is 5.92. The molecule has 6 nitrogen and oxygen atoms in total. The Morgan fingerprint density at radius 2 is 2.15 bits per heavy atom. The van der Waals surface area contributed by atoms with Gasteiger partial charge in [-0.05, 0) is 47.4 Å². The molecule has 2 unspecified atom stereocenters. The highest BCUT2D eigenvalue weighted by molar-refractivity contribution is 5.97. The molecule has 2 atom stereocenters. The molecule has 4 aromatic rings. The number of fused-ring (bicyclic) bond motifs is 2. The average molecular weight is 364 g/mol. The van der Waals surface area contributed by atoms with E-state index in [1.807, 2.05) is 47.1 Å². The maximum absolute atomic E-state index is 13.0. The molecule has 0 saturated heterocycles. The fourth-order valence-electron chi connectivity index (χ4n) is 3.51. The summed E-state index contributed by atoms with van der Waals surface area (Å²) in [5.74, 6) is -0.479. The zero-order chi connectivity index (χ0) is 18.5. The summed E-state index contributed by atoms with van der Waals surface area (Å²) in [5, 5.41) is 13.5. The SMILES string of the molecule is O=C(Nc1cn2cc(-c3c(CO)ccc4[nH]ccc34)ccc2n1)C1CC1F. The molecule has 0 spiro atoms. The lowest BCUT2D eigenvalue weighted by atomic mass is 9.97. The molecule has 0 aliphatic heterocycles. The van der Waals surface area contributed by atoms with E-state index in [0.29, 0.717) is 11.5 Å². The fraction of sp³-hybridized carbons (Fsp3) is 0.200. The third-order valence-electron chi connectivity index (χ3n) is 5.03. The van der Waals surface area contributed by atoms with E-state index in [0.717, 1.165) is 27.6 Å². The predicted molar refractivity (Wildman–Crippen MR) is 100 cm³/mol. The molecule has 3 N–H and O–H groups in total. The number of hydrogen-bond acceptors (Lipinski definition) is 3. The van der Waals surface area contributed by atoms with Crippen LogP contribution in [0.15, 0.2) is 48.9 Å². The minimum Gasteiger partial charge on any atom is -0.392 e. The number of H-pyrrole nitrogens is 1. The van der Waals surface area contributed by atoms with Crippen molar-refractivity contribution >= 4 is 28.3 Å². The van der Waals surface area contributed by atoms with Crippen molar-refractivity contribution < 1.29 is 14.3 Å². The number of imidazole rings is 1. The predicted octanol–water partition coefficient (Wildman–Crippen LogP) is 3.27. The van der Waals surface area contributed by atoms with Crippen LogP contribution < -0.4 is 5.32 Å². The Hall–Kier alpha value is -3.19. The molecule has 1 saturated carbocycles. The Morgan fingerprint density at radius 3 is 2.93 bits per heavy atom. The molecule has 27 heavy (non-hydrogen) atoms. The van der Waals surface area contributed by atoms with Crippen molar-refractivity contribution in [3.05, 3.63) is 54.5 Å². The number of alkyl halides is 1. The summed E-state index contributed by atoms with van der Waals surface area (Å²) in [6, 6.07) is 9.63. The van der Waals surface area contributed by atoms with Crippen LogP contribution in [0.4, 0.5) is 10.2 Å². The highest BCUT2D eigenvalue weighted by atomic mass is 19.1. The number of benzene rings is 1. The van der Waals surface area contributed by atoms with Gasteiger partial charge in [-0.1, -0.05) is 6.07 Å². The number of anilines is 1. The monoisotopic (exact) mass is 364 g/mol. The number of halogens is 1. The quantitative estimate of drug-likeness (QED) is 0.520. The van der Waals surface area contributed by atoms with Gasteiger partial charge in [-0.3, -0.25) is 4.79 Å². The number of nitrogens with zero attached hydrogens (tertiary/aromatic N) is 2. The molecule has 1 aliphatic carbocycles. The zero-order valence-electron chi connectivity index (χ0n) is 14.3. The van der Waals surface area contributed by atoms with Crippen LogP contribution in [0.3, 0.4) is 0 Å². The molecular weight excluding hydrogens is 347 g/mol. The fourth-order valence-corrected chi connectivity index (χ4v) is 3.51. The molecule has 1 amide bonds. The van der Waals surface area contributed by atoms with Crippen LogP contribution in [0.25, 0.3) is 27.7 Å². The Balaban J connectivity index is 1.55. The van der Waals surface area contributed by atoms with Gasteiger partial charge in [0.25, 0.3) is 0 Å². The number of aliphatic hydroxyl groups is 1. The van der Waals surface area contributed by atoms with E-state index < -0.39 is 12.1 Å². The first-order chi connectivity index (χ1) is 13.1. The van der Waals surface area contributed by atoms with Gasteiger partial charge in [0.2, 0.25) is 5.91 Å². The third kappa shape index (κ3) is 2.67. The number of pyridine rings is 1. The lowest BCUT2D eigenvalue weighted by molar-refractivity contribution is -0.117. The average Bonchev–Trinajstić information content (AvgIpc) is 3.07. The number of rotatable bonds is 4. The number of aliphatic hydroxyl groups excluding tert-OH is 1. The number of carbonyl (C=O) groups is 1. The van der Waals surface area contributed by atoms with Crippen LogP contribution >= 0.6 is 0 Å². The van der Waals surface area contributed by atoms with Crippen LogP contribution in [0.1, 0.15) is 12.0 Å². The first-order valence-corrected chi connectivity index (χ1v) is 8.78. The maximum Gasteiger partial charge on any atom is 0.231 e. The lowest BCUT2D eigenvalue weighted by Gasteiger charge is -2.10. The van der Waals surface area contributed by atoms with E-state index in [9.17, 15) is 14.3 Å². The number of carbonyl (C=O) groups excluding carboxylic acids is 1. The highest BCUT2D eigenvalue weighted by Gasteiger charge is 2.43. The van der Waals surface area contributed by atoms with Crippen LogP contribution in [-0.2, 0) is 11.4 Å². The smallest absolute Gasteiger partial charge is 0.231 e. The second-order valence-corrected chi connectivity index (χ2v) is 6.85. The van der Waals surface area contributed by atoms with E-state index in [-0.39, 0.29) is 18.9 Å². The summed E-state index contributed by atoms with van der Waals surface area (Å²) in [7, 11) is 0. The molecule has 0 radical (unpaired) electrons. The second-order valence-electron chi connectivity index (χ2n) is 6.85. The summed E-state index contributed by atoms with van der Waals surface area (Å²) in [5.41, 5.74) is 4.38. The Morgan fingerprint density at radius 1 is 1.30 bits per heavy atom. The van der Waals surface area contributed by atoms with Crippen molar-refractivity contribution in [2.75, 3.05) is 5.32 Å². The molecule has 1 aromatic carbocycles. The van der Waals surface area contributed by atoms with Crippen LogP contribution in [-0.4, -0.2) is 31.6 Å². The molecule has 0 bridgehead atoms. The van der Waals surface area contributed by atoms with Gasteiger partial charge >= 0.3 is 0 Å². The van der Waals surface area contributed by atoms with Gasteiger partial charge in [0.1, 0.15) is 11.8 Å². The number of hydrogen-bond donors (Lipinski definition) is 3. The standard InChI is InChI=1S/C20H17FN4O2/c21-15-7-14(15)20(27)24-17-9-25-8-11(2-4-18(25)23-17)19-12(10-26)1-3-16-13(19)5-6-22-16/h1-6,8-9,14-15,22,26H,7,10H2,(H,24,27). The number of aromatic amines is 1. The summed E-state index contributed by atoms with van der Waals surface area (Å²) >= 11 is 0. The van der Waals surface area contributed by atoms with Gasteiger partial charge in [-0.25, -0.2) is 9.37 Å². The molecular formula is C20H17FN4O2. The molecule has 1 fully saturated rings. The van der Waals surface area contributed by atoms with Gasteiger partial charge in [0.15, 0.2) is 5.82 Å². The van der Waals surface area contributed by atoms with Crippen molar-refractivity contribution in [1.82, 2.24) is 14.4 Å². The number of amides is 1. The normalized spacial score (nSPS) is 18.9. The maximum atomic E-state index is 13.0. The van der Waals surface area contributed by atoms with Crippen molar-refractivity contribution in [3.8, 4) is 11.1 Å².